The van der Waals surface area contributed by atoms with Crippen LogP contribution in [-0.4, -0.2) is 13.1 Å². The summed E-state index contributed by atoms with van der Waals surface area (Å²) in [7, 11) is -2.83. The summed E-state index contributed by atoms with van der Waals surface area (Å²) in [5.41, 5.74) is 7.41. The average molecular weight is 811 g/mol. The van der Waals surface area contributed by atoms with Crippen LogP contribution in [0.2, 0.25) is 0 Å². The van der Waals surface area contributed by atoms with Gasteiger partial charge in [-0.25, -0.2) is 4.98 Å². The van der Waals surface area contributed by atoms with Crippen LogP contribution in [0.3, 0.4) is 0 Å². The molecule has 0 bridgehead atoms. The number of benzene rings is 10. The Kier molecular flexibility index (Phi) is 8.47. The number of hydrogen-bond donors (Lipinski definition) is 0. The van der Waals surface area contributed by atoms with E-state index in [1.807, 2.05) is 42.5 Å². The number of rotatable bonds is 8. The Morgan fingerprint density at radius 2 is 0.919 bits per heavy atom. The molecule has 0 N–H and O–H groups in total. The Labute approximate surface area is 359 Å². The van der Waals surface area contributed by atoms with Gasteiger partial charge >= 0.3 is 0 Å². The second-order valence-electron chi connectivity index (χ2n) is 15.9. The van der Waals surface area contributed by atoms with E-state index >= 15 is 0 Å². The molecule has 12 rings (SSSR count). The Hall–Kier alpha value is -7.99. The highest BCUT2D eigenvalue weighted by Crippen LogP contribution is 2.41. The molecule has 2 aromatic heterocycles. The SMILES string of the molecule is c1ccc(-c2nc3ccc4ccc5cc(N(c6cccc([Si](c7ccccc7)(c7ccccc7)c7ccccc7)c6)c6ccc7c(c6)oc6ccccc67)ccc5c4c3o2)cc1. The van der Waals surface area contributed by atoms with Crippen LogP contribution in [0.4, 0.5) is 17.1 Å². The Morgan fingerprint density at radius 3 is 1.63 bits per heavy atom. The van der Waals surface area contributed by atoms with Gasteiger partial charge in [-0.15, -0.1) is 0 Å². The van der Waals surface area contributed by atoms with Gasteiger partial charge in [-0.1, -0.05) is 164 Å². The minimum Gasteiger partial charge on any atom is -0.456 e. The molecule has 0 radical (unpaired) electrons. The highest BCUT2D eigenvalue weighted by Gasteiger charge is 2.41. The topological polar surface area (TPSA) is 42.4 Å². The van der Waals surface area contributed by atoms with E-state index in [9.17, 15) is 0 Å². The fraction of sp³-hybridized carbons (Fsp3) is 0. The van der Waals surface area contributed by atoms with Crippen LogP contribution >= 0.6 is 0 Å². The molecule has 0 saturated carbocycles. The summed E-state index contributed by atoms with van der Waals surface area (Å²) in [6.45, 7) is 0. The minimum absolute atomic E-state index is 0.620. The first kappa shape index (κ1) is 35.9. The van der Waals surface area contributed by atoms with E-state index in [4.69, 9.17) is 13.8 Å². The quantitative estimate of drug-likeness (QED) is 0.0871. The molecule has 0 atom stereocenters. The van der Waals surface area contributed by atoms with Gasteiger partial charge in [-0.3, -0.25) is 0 Å². The lowest BCUT2D eigenvalue weighted by Crippen LogP contribution is -2.74. The van der Waals surface area contributed by atoms with Crippen LogP contribution < -0.4 is 25.6 Å². The fourth-order valence-electron chi connectivity index (χ4n) is 9.61. The van der Waals surface area contributed by atoms with Gasteiger partial charge < -0.3 is 13.7 Å². The van der Waals surface area contributed by atoms with Crippen LogP contribution in [0.25, 0.3) is 66.0 Å². The molecule has 4 nitrogen and oxygen atoms in total. The van der Waals surface area contributed by atoms with Crippen molar-refractivity contribution in [2.75, 3.05) is 4.90 Å². The van der Waals surface area contributed by atoms with Crippen molar-refractivity contribution in [1.82, 2.24) is 4.98 Å². The van der Waals surface area contributed by atoms with E-state index in [1.165, 1.54) is 20.7 Å². The molecule has 62 heavy (non-hydrogen) atoms. The number of aromatic nitrogens is 1. The first-order valence-electron chi connectivity index (χ1n) is 21.0. The Bertz CT molecular complexity index is 3490. The van der Waals surface area contributed by atoms with Crippen LogP contribution in [0.1, 0.15) is 0 Å². The number of nitrogens with zero attached hydrogens (tertiary/aromatic N) is 2. The third-order valence-corrected chi connectivity index (χ3v) is 17.2. The first-order chi connectivity index (χ1) is 30.7. The van der Waals surface area contributed by atoms with Crippen molar-refractivity contribution in [2.45, 2.75) is 0 Å². The first-order valence-corrected chi connectivity index (χ1v) is 23.0. The molecule has 0 fully saturated rings. The highest BCUT2D eigenvalue weighted by atomic mass is 28.3. The number of para-hydroxylation sites is 1. The fourth-order valence-corrected chi connectivity index (χ4v) is 14.4. The number of fused-ring (bicyclic) bond motifs is 8. The minimum atomic E-state index is -2.83. The van der Waals surface area contributed by atoms with Crippen molar-refractivity contribution in [3.63, 3.8) is 0 Å². The lowest BCUT2D eigenvalue weighted by Gasteiger charge is -2.35. The van der Waals surface area contributed by atoms with Crippen molar-refractivity contribution >= 4 is 100 Å². The number of hydrogen-bond acceptors (Lipinski definition) is 4. The van der Waals surface area contributed by atoms with E-state index in [0.29, 0.717) is 5.89 Å². The van der Waals surface area contributed by atoms with Gasteiger partial charge in [0.15, 0.2) is 13.7 Å². The van der Waals surface area contributed by atoms with Gasteiger partial charge in [0.1, 0.15) is 16.7 Å². The predicted molar refractivity (Wildman–Crippen MR) is 260 cm³/mol. The van der Waals surface area contributed by atoms with Gasteiger partial charge in [0.05, 0.1) is 0 Å². The molecule has 12 aromatic rings. The van der Waals surface area contributed by atoms with E-state index in [2.05, 4.69) is 193 Å². The average Bonchev–Trinajstić information content (AvgIpc) is 3.95. The van der Waals surface area contributed by atoms with Crippen molar-refractivity contribution in [1.29, 1.82) is 0 Å². The maximum Gasteiger partial charge on any atom is 0.227 e. The van der Waals surface area contributed by atoms with Crippen molar-refractivity contribution in [2.24, 2.45) is 0 Å². The summed E-state index contributed by atoms with van der Waals surface area (Å²) in [5.74, 6) is 0.620. The van der Waals surface area contributed by atoms with Gasteiger partial charge in [-0.05, 0) is 97.6 Å². The molecule has 0 unspecified atom stereocenters. The molecule has 0 aliphatic carbocycles. The molecular formula is C57H38N2O2Si. The second-order valence-corrected chi connectivity index (χ2v) is 19.7. The second kappa shape index (κ2) is 14.6. The van der Waals surface area contributed by atoms with Gasteiger partial charge in [0.2, 0.25) is 5.89 Å². The zero-order valence-corrected chi connectivity index (χ0v) is 34.7. The van der Waals surface area contributed by atoms with Crippen LogP contribution in [-0.2, 0) is 0 Å². The highest BCUT2D eigenvalue weighted by molar-refractivity contribution is 7.19. The Balaban J connectivity index is 1.09. The molecular weight excluding hydrogens is 773 g/mol. The molecule has 292 valence electrons. The monoisotopic (exact) mass is 810 g/mol. The Morgan fingerprint density at radius 1 is 0.371 bits per heavy atom. The van der Waals surface area contributed by atoms with Crippen molar-refractivity contribution < 1.29 is 8.83 Å². The van der Waals surface area contributed by atoms with E-state index in [-0.39, 0.29) is 0 Å². The standard InChI is InChI=1S/C57H38N2O2Si/c1-5-16-40(17-6-1)57-58-52-35-30-39-28-29-41-36-43(31-33-49(41)55(39)56(52)61-57)59(44-32-34-51-50-26-13-14-27-53(50)60-54(51)38-44)42-18-15-25-48(37-42)62(45-19-7-2-8-20-45,46-21-9-3-10-22-46)47-23-11-4-12-24-47/h1-38H. The molecule has 10 aromatic carbocycles. The van der Waals surface area contributed by atoms with E-state index in [0.717, 1.165) is 77.2 Å². The van der Waals surface area contributed by atoms with Crippen molar-refractivity contribution in [3.05, 3.63) is 231 Å². The molecule has 0 aliphatic heterocycles. The summed E-state index contributed by atoms with van der Waals surface area (Å²) in [6, 6.07) is 82.9. The third kappa shape index (κ3) is 5.78. The van der Waals surface area contributed by atoms with Crippen LogP contribution in [0, 0.1) is 0 Å². The number of anilines is 3. The smallest absolute Gasteiger partial charge is 0.227 e. The van der Waals surface area contributed by atoms with Gasteiger partial charge in [0.25, 0.3) is 0 Å². The number of furan rings is 1. The lowest BCUT2D eigenvalue weighted by atomic mass is 10.00. The molecule has 5 heteroatoms. The molecule has 0 amide bonds. The summed E-state index contributed by atoms with van der Waals surface area (Å²) < 4.78 is 13.1. The van der Waals surface area contributed by atoms with Gasteiger partial charge in [0, 0.05) is 44.9 Å². The summed E-state index contributed by atoms with van der Waals surface area (Å²) in [5, 5.41) is 11.9. The van der Waals surface area contributed by atoms with Crippen LogP contribution in [0.15, 0.2) is 239 Å². The molecule has 0 saturated heterocycles. The predicted octanol–water partition coefficient (Wildman–Crippen LogP) is 12.5. The summed E-state index contributed by atoms with van der Waals surface area (Å²) in [6.07, 6.45) is 0. The summed E-state index contributed by atoms with van der Waals surface area (Å²) >= 11 is 0. The zero-order valence-electron chi connectivity index (χ0n) is 33.7. The molecule has 0 aliphatic rings. The lowest BCUT2D eigenvalue weighted by molar-refractivity contribution is 0.623. The maximum absolute atomic E-state index is 6.58. The van der Waals surface area contributed by atoms with E-state index in [1.54, 1.807) is 0 Å². The van der Waals surface area contributed by atoms with Crippen molar-refractivity contribution in [3.8, 4) is 11.5 Å². The summed E-state index contributed by atoms with van der Waals surface area (Å²) in [4.78, 5) is 7.30. The molecule has 0 spiro atoms. The van der Waals surface area contributed by atoms with Gasteiger partial charge in [-0.2, -0.15) is 0 Å². The largest absolute Gasteiger partial charge is 0.456 e. The molecule has 2 heterocycles. The maximum atomic E-state index is 6.58. The van der Waals surface area contributed by atoms with E-state index < -0.39 is 8.07 Å². The normalized spacial score (nSPS) is 11.9. The number of oxazole rings is 1. The van der Waals surface area contributed by atoms with Crippen LogP contribution in [0.5, 0.6) is 0 Å². The zero-order chi connectivity index (χ0) is 41.0. The third-order valence-electron chi connectivity index (χ3n) is 12.4.